The summed E-state index contributed by atoms with van der Waals surface area (Å²) in [4.78, 5) is 4.56. The van der Waals surface area contributed by atoms with Crippen molar-refractivity contribution in [1.29, 1.82) is 0 Å². The lowest BCUT2D eigenvalue weighted by molar-refractivity contribution is 0.122. The number of likely N-dealkylation sites (N-methyl/N-ethyl adjacent to an activating group) is 1. The summed E-state index contributed by atoms with van der Waals surface area (Å²) in [5.74, 6) is -0.311. The number of benzene rings is 1. The van der Waals surface area contributed by atoms with E-state index in [4.69, 9.17) is 0 Å². The van der Waals surface area contributed by atoms with Crippen molar-refractivity contribution in [3.05, 3.63) is 29.3 Å². The minimum Gasteiger partial charge on any atom is -0.304 e. The van der Waals surface area contributed by atoms with Crippen LogP contribution in [0.25, 0.3) is 0 Å². The number of sulfone groups is 2. The fourth-order valence-corrected chi connectivity index (χ4v) is 9.53. The van der Waals surface area contributed by atoms with Gasteiger partial charge in [-0.25, -0.2) is 16.8 Å². The molecule has 6 nitrogen and oxygen atoms in total. The molecule has 1 aliphatic carbocycles. The average Bonchev–Trinajstić information content (AvgIpc) is 2.98. The number of aryl methyl sites for hydroxylation is 2. The highest BCUT2D eigenvalue weighted by Crippen LogP contribution is 2.32. The van der Waals surface area contributed by atoms with Crippen molar-refractivity contribution >= 4 is 19.7 Å². The quantitative estimate of drug-likeness (QED) is 0.729. The number of piperazine rings is 1. The molecule has 150 valence electrons. The minimum absolute atomic E-state index is 0.0500. The summed E-state index contributed by atoms with van der Waals surface area (Å²) in [6, 6.07) is 4.97. The Balaban J connectivity index is 1.66. The molecule has 0 bridgehead atoms. The van der Waals surface area contributed by atoms with Gasteiger partial charge < -0.3 is 4.90 Å². The highest BCUT2D eigenvalue weighted by atomic mass is 32.2. The van der Waals surface area contributed by atoms with Crippen LogP contribution in [0.5, 0.6) is 0 Å². The lowest BCUT2D eigenvalue weighted by Crippen LogP contribution is -2.54. The molecule has 1 aromatic carbocycles. The smallest absolute Gasteiger partial charge is 0.183 e. The first-order valence-corrected chi connectivity index (χ1v) is 13.1. The van der Waals surface area contributed by atoms with Gasteiger partial charge in [-0.15, -0.1) is 0 Å². The number of hydrogen-bond acceptors (Lipinski definition) is 6. The van der Waals surface area contributed by atoms with Crippen LogP contribution in [0.3, 0.4) is 0 Å². The summed E-state index contributed by atoms with van der Waals surface area (Å²) in [6.07, 6.45) is 4.13. The predicted octanol–water partition coefficient (Wildman–Crippen LogP) is 0.752. The third-order valence-electron chi connectivity index (χ3n) is 6.33. The minimum atomic E-state index is -3.69. The molecule has 4 rings (SSSR count). The van der Waals surface area contributed by atoms with E-state index in [1.807, 2.05) is 13.1 Å². The van der Waals surface area contributed by atoms with Crippen molar-refractivity contribution in [3.63, 3.8) is 0 Å². The number of nitrogens with zero attached hydrogens (tertiary/aromatic N) is 2. The van der Waals surface area contributed by atoms with Gasteiger partial charge in [0, 0.05) is 32.2 Å². The molecule has 3 aliphatic rings. The molecule has 2 fully saturated rings. The highest BCUT2D eigenvalue weighted by molar-refractivity contribution is 7.96. The first kappa shape index (κ1) is 19.4. The Labute approximate surface area is 162 Å². The molecule has 2 saturated heterocycles. The van der Waals surface area contributed by atoms with E-state index in [0.29, 0.717) is 18.0 Å². The van der Waals surface area contributed by atoms with Crippen molar-refractivity contribution in [2.75, 3.05) is 44.7 Å². The number of fused-ring (bicyclic) bond motifs is 1. The highest BCUT2D eigenvalue weighted by Gasteiger charge is 2.48. The van der Waals surface area contributed by atoms with E-state index >= 15 is 0 Å². The summed E-state index contributed by atoms with van der Waals surface area (Å²) in [7, 11) is -5.01. The van der Waals surface area contributed by atoms with E-state index in [1.54, 1.807) is 12.1 Å². The van der Waals surface area contributed by atoms with Crippen LogP contribution in [0.15, 0.2) is 23.1 Å². The lowest BCUT2D eigenvalue weighted by atomic mass is 9.92. The average molecular weight is 413 g/mol. The van der Waals surface area contributed by atoms with Crippen LogP contribution in [0.2, 0.25) is 0 Å². The zero-order chi connectivity index (χ0) is 19.2. The topological polar surface area (TPSA) is 74.8 Å². The van der Waals surface area contributed by atoms with Crippen molar-refractivity contribution in [1.82, 2.24) is 9.80 Å². The summed E-state index contributed by atoms with van der Waals surface area (Å²) >= 11 is 0. The van der Waals surface area contributed by atoms with Gasteiger partial charge in [-0.1, -0.05) is 6.07 Å². The molecule has 27 heavy (non-hydrogen) atoms. The second-order valence-electron chi connectivity index (χ2n) is 8.20. The molecular weight excluding hydrogens is 384 g/mol. The lowest BCUT2D eigenvalue weighted by Gasteiger charge is -2.38. The molecule has 1 aromatic rings. The third kappa shape index (κ3) is 3.81. The standard InChI is InChI=1S/C19H28N2O4S2/c1-20-8-10-21(11-9-20)18-13-26(22,23)14-19(18)27(24,25)17-7-6-15-4-2-3-5-16(15)12-17/h6-7,12,18-19H,2-5,8-11,13-14H2,1H3/t18-,19-/m0/s1. The largest absolute Gasteiger partial charge is 0.304 e. The Morgan fingerprint density at radius 2 is 1.63 bits per heavy atom. The van der Waals surface area contributed by atoms with Crippen LogP contribution in [-0.4, -0.2) is 82.7 Å². The van der Waals surface area contributed by atoms with Crippen molar-refractivity contribution < 1.29 is 16.8 Å². The van der Waals surface area contributed by atoms with Crippen LogP contribution >= 0.6 is 0 Å². The molecule has 8 heteroatoms. The van der Waals surface area contributed by atoms with E-state index in [0.717, 1.165) is 44.3 Å². The molecule has 2 atom stereocenters. The van der Waals surface area contributed by atoms with Gasteiger partial charge in [-0.05, 0) is 56.0 Å². The molecule has 0 N–H and O–H groups in total. The Kier molecular flexibility index (Phi) is 5.12. The van der Waals surface area contributed by atoms with Gasteiger partial charge >= 0.3 is 0 Å². The second-order valence-corrected chi connectivity index (χ2v) is 12.5. The maximum atomic E-state index is 13.4. The van der Waals surface area contributed by atoms with Gasteiger partial charge in [-0.3, -0.25) is 4.90 Å². The fraction of sp³-hybridized carbons (Fsp3) is 0.684. The van der Waals surface area contributed by atoms with Crippen molar-refractivity contribution in [3.8, 4) is 0 Å². The molecule has 0 spiro atoms. The summed E-state index contributed by atoms with van der Waals surface area (Å²) in [5, 5.41) is -0.868. The van der Waals surface area contributed by atoms with Crippen LogP contribution < -0.4 is 0 Å². The Morgan fingerprint density at radius 3 is 2.33 bits per heavy atom. The zero-order valence-corrected chi connectivity index (χ0v) is 17.4. The number of hydrogen-bond donors (Lipinski definition) is 0. The van der Waals surface area contributed by atoms with E-state index < -0.39 is 31.0 Å². The molecule has 2 aliphatic heterocycles. The van der Waals surface area contributed by atoms with E-state index in [-0.39, 0.29) is 11.5 Å². The molecular formula is C19H28N2O4S2. The Hall–Kier alpha value is -0.960. The summed E-state index contributed by atoms with van der Waals surface area (Å²) in [6.45, 7) is 3.10. The van der Waals surface area contributed by atoms with Crippen LogP contribution in [0.1, 0.15) is 24.0 Å². The van der Waals surface area contributed by atoms with E-state index in [2.05, 4.69) is 9.80 Å². The second kappa shape index (κ2) is 7.13. The first-order valence-electron chi connectivity index (χ1n) is 9.75. The third-order valence-corrected chi connectivity index (χ3v) is 10.4. The molecule has 2 heterocycles. The fourth-order valence-electron chi connectivity index (χ4n) is 4.65. The SMILES string of the molecule is CN1CCN([C@H]2CS(=O)(=O)C[C@@H]2S(=O)(=O)c2ccc3c(c2)CCCC3)CC1. The predicted molar refractivity (Wildman–Crippen MR) is 106 cm³/mol. The zero-order valence-electron chi connectivity index (χ0n) is 15.8. The van der Waals surface area contributed by atoms with E-state index in [1.165, 1.54) is 5.56 Å². The normalized spacial score (nSPS) is 29.5. The molecule has 0 aromatic heterocycles. The van der Waals surface area contributed by atoms with Crippen molar-refractivity contribution in [2.45, 2.75) is 41.9 Å². The first-order chi connectivity index (χ1) is 12.8. The Morgan fingerprint density at radius 1 is 0.963 bits per heavy atom. The summed E-state index contributed by atoms with van der Waals surface area (Å²) < 4.78 is 51.6. The molecule has 0 saturated carbocycles. The van der Waals surface area contributed by atoms with Crippen molar-refractivity contribution in [2.24, 2.45) is 0 Å². The maximum Gasteiger partial charge on any atom is 0.183 e. The van der Waals surface area contributed by atoms with Crippen LogP contribution in [-0.2, 0) is 32.5 Å². The van der Waals surface area contributed by atoms with Gasteiger partial charge in [0.05, 0.1) is 21.7 Å². The molecule has 0 radical (unpaired) electrons. The monoisotopic (exact) mass is 412 g/mol. The van der Waals surface area contributed by atoms with Gasteiger partial charge in [0.2, 0.25) is 0 Å². The van der Waals surface area contributed by atoms with Crippen LogP contribution in [0.4, 0.5) is 0 Å². The van der Waals surface area contributed by atoms with E-state index in [9.17, 15) is 16.8 Å². The number of rotatable bonds is 3. The van der Waals surface area contributed by atoms with Gasteiger partial charge in [0.25, 0.3) is 0 Å². The van der Waals surface area contributed by atoms with Gasteiger partial charge in [-0.2, -0.15) is 0 Å². The van der Waals surface area contributed by atoms with Gasteiger partial charge in [0.1, 0.15) is 0 Å². The summed E-state index contributed by atoms with van der Waals surface area (Å²) in [5.41, 5.74) is 2.34. The maximum absolute atomic E-state index is 13.4. The molecule has 0 unspecified atom stereocenters. The van der Waals surface area contributed by atoms with Gasteiger partial charge in [0.15, 0.2) is 19.7 Å². The molecule has 0 amide bonds. The van der Waals surface area contributed by atoms with Crippen LogP contribution in [0, 0.1) is 0 Å². The Bertz CT molecular complexity index is 919.